The third-order valence-corrected chi connectivity index (χ3v) is 7.48. The maximum atomic E-state index is 9.91. The van der Waals surface area contributed by atoms with Crippen molar-refractivity contribution in [2.75, 3.05) is 0 Å². The zero-order chi connectivity index (χ0) is 23.2. The Balaban J connectivity index is 1.93. The molecule has 0 amide bonds. The molecule has 2 rings (SSSR count). The van der Waals surface area contributed by atoms with Gasteiger partial charge in [-0.25, -0.2) is 0 Å². The van der Waals surface area contributed by atoms with E-state index in [-0.39, 0.29) is 11.0 Å². The molecule has 172 valence electrons. The fourth-order valence-electron chi connectivity index (χ4n) is 4.49. The van der Waals surface area contributed by atoms with Crippen LogP contribution in [0.1, 0.15) is 105 Å². The summed E-state index contributed by atoms with van der Waals surface area (Å²) in [6, 6.07) is 5.51. The van der Waals surface area contributed by atoms with Crippen molar-refractivity contribution in [2.24, 2.45) is 5.41 Å². The lowest BCUT2D eigenvalue weighted by Crippen LogP contribution is -2.52. The lowest BCUT2D eigenvalue weighted by Gasteiger charge is -2.52. The number of rotatable bonds is 9. The van der Waals surface area contributed by atoms with E-state index in [1.54, 1.807) is 6.07 Å². The van der Waals surface area contributed by atoms with Crippen LogP contribution in [0.3, 0.4) is 0 Å². The monoisotopic (exact) mass is 424 g/mol. The fourth-order valence-corrected chi connectivity index (χ4v) is 4.49. The summed E-state index contributed by atoms with van der Waals surface area (Å²) in [5.74, 6) is 1.55. The van der Waals surface area contributed by atoms with E-state index in [9.17, 15) is 5.11 Å². The van der Waals surface area contributed by atoms with Crippen molar-refractivity contribution in [1.29, 1.82) is 0 Å². The van der Waals surface area contributed by atoms with Crippen LogP contribution < -0.4 is 4.74 Å². The summed E-state index contributed by atoms with van der Waals surface area (Å²) in [6.07, 6.45) is 13.7. The van der Waals surface area contributed by atoms with Gasteiger partial charge in [-0.1, -0.05) is 55.7 Å². The van der Waals surface area contributed by atoms with E-state index in [0.29, 0.717) is 11.7 Å². The van der Waals surface area contributed by atoms with Gasteiger partial charge in [0.2, 0.25) is 0 Å². The number of phenols is 1. The highest BCUT2D eigenvalue weighted by molar-refractivity contribution is 5.45. The number of benzene rings is 1. The van der Waals surface area contributed by atoms with Gasteiger partial charge in [0.05, 0.1) is 0 Å². The lowest BCUT2D eigenvalue weighted by atomic mass is 9.62. The van der Waals surface area contributed by atoms with Gasteiger partial charge in [-0.05, 0) is 97.3 Å². The first kappa shape index (κ1) is 25.3. The van der Waals surface area contributed by atoms with Gasteiger partial charge >= 0.3 is 0 Å². The van der Waals surface area contributed by atoms with Crippen LogP contribution in [0, 0.1) is 5.41 Å². The molecular weight excluding hydrogens is 380 g/mol. The first-order valence-electron chi connectivity index (χ1n) is 11.9. The molecule has 0 aliphatic carbocycles. The van der Waals surface area contributed by atoms with Crippen LogP contribution >= 0.6 is 0 Å². The number of hydrogen-bond acceptors (Lipinski definition) is 2. The van der Waals surface area contributed by atoms with Crippen LogP contribution in [0.5, 0.6) is 11.5 Å². The molecule has 0 aromatic heterocycles. The topological polar surface area (TPSA) is 29.5 Å². The van der Waals surface area contributed by atoms with Gasteiger partial charge in [0, 0.05) is 11.0 Å². The Hall–Kier alpha value is -1.96. The van der Waals surface area contributed by atoms with E-state index in [4.69, 9.17) is 4.74 Å². The minimum Gasteiger partial charge on any atom is -0.508 e. The molecule has 0 bridgehead atoms. The molecule has 1 aromatic carbocycles. The van der Waals surface area contributed by atoms with Crippen LogP contribution in [-0.4, -0.2) is 10.7 Å². The highest BCUT2D eigenvalue weighted by Crippen LogP contribution is 2.54. The van der Waals surface area contributed by atoms with E-state index >= 15 is 0 Å². The highest BCUT2D eigenvalue weighted by atomic mass is 16.5. The molecular formula is C29H44O2. The standard InChI is InChI=1S/C29H44O2/c1-21(2)12-9-13-22(3)14-10-15-23(4)16-11-19-29(8)28(6,7)24(5)26-20-25(30)17-18-27(26)31-29/h12,14,16-18,20,24,30H,9-11,13,15,19H2,1-8H3. The minimum atomic E-state index is -0.241. The van der Waals surface area contributed by atoms with Crippen LogP contribution in [0.4, 0.5) is 0 Å². The zero-order valence-electron chi connectivity index (χ0n) is 21.1. The van der Waals surface area contributed by atoms with Crippen LogP contribution in [-0.2, 0) is 0 Å². The van der Waals surface area contributed by atoms with Crippen LogP contribution in [0.2, 0.25) is 0 Å². The van der Waals surface area contributed by atoms with Gasteiger partial charge in [0.25, 0.3) is 0 Å². The summed E-state index contributed by atoms with van der Waals surface area (Å²) < 4.78 is 6.55. The first-order valence-corrected chi connectivity index (χ1v) is 11.9. The molecule has 2 unspecified atom stereocenters. The molecule has 0 radical (unpaired) electrons. The third-order valence-electron chi connectivity index (χ3n) is 7.48. The predicted octanol–water partition coefficient (Wildman–Crippen LogP) is 8.87. The van der Waals surface area contributed by atoms with Crippen molar-refractivity contribution >= 4 is 0 Å². The maximum absolute atomic E-state index is 9.91. The summed E-state index contributed by atoms with van der Waals surface area (Å²) >= 11 is 0. The van der Waals surface area contributed by atoms with Gasteiger partial charge in [-0.2, -0.15) is 0 Å². The average Bonchev–Trinajstić information content (AvgIpc) is 2.67. The second-order valence-electron chi connectivity index (χ2n) is 10.5. The van der Waals surface area contributed by atoms with Crippen molar-refractivity contribution < 1.29 is 9.84 Å². The SMILES string of the molecule is CC(C)=CCCC(C)=CCCC(C)=CCCC1(C)Oc2ccc(O)cc2C(C)C1(C)C. The fraction of sp³-hybridized carbons (Fsp3) is 0.586. The van der Waals surface area contributed by atoms with Crippen LogP contribution in [0.15, 0.2) is 53.1 Å². The molecule has 0 saturated carbocycles. The van der Waals surface area contributed by atoms with Gasteiger partial charge < -0.3 is 9.84 Å². The second kappa shape index (κ2) is 10.6. The molecule has 2 nitrogen and oxygen atoms in total. The Kier molecular flexibility index (Phi) is 8.63. The van der Waals surface area contributed by atoms with E-state index in [2.05, 4.69) is 73.6 Å². The molecule has 1 heterocycles. The van der Waals surface area contributed by atoms with Gasteiger partial charge in [-0.3, -0.25) is 0 Å². The summed E-state index contributed by atoms with van der Waals surface area (Å²) in [5.41, 5.74) is 5.20. The molecule has 0 fully saturated rings. The Bertz CT molecular complexity index is 836. The lowest BCUT2D eigenvalue weighted by molar-refractivity contribution is -0.0635. The van der Waals surface area contributed by atoms with Crippen molar-refractivity contribution in [2.45, 2.75) is 105 Å². The summed E-state index contributed by atoms with van der Waals surface area (Å²) in [4.78, 5) is 0. The molecule has 2 atom stereocenters. The number of hydrogen-bond donors (Lipinski definition) is 1. The first-order chi connectivity index (χ1) is 14.5. The Labute approximate surface area is 191 Å². The van der Waals surface area contributed by atoms with E-state index in [1.807, 2.05) is 12.1 Å². The molecule has 0 spiro atoms. The average molecular weight is 425 g/mol. The number of ether oxygens (including phenoxy) is 1. The Morgan fingerprint density at radius 1 is 0.935 bits per heavy atom. The number of allylic oxidation sites excluding steroid dienone is 6. The van der Waals surface area contributed by atoms with Crippen LogP contribution in [0.25, 0.3) is 0 Å². The summed E-state index contributed by atoms with van der Waals surface area (Å²) in [6.45, 7) is 17.9. The van der Waals surface area contributed by atoms with Crippen molar-refractivity contribution in [1.82, 2.24) is 0 Å². The minimum absolute atomic E-state index is 0.0271. The van der Waals surface area contributed by atoms with Gasteiger partial charge in [0.1, 0.15) is 17.1 Å². The summed E-state index contributed by atoms with van der Waals surface area (Å²) in [7, 11) is 0. The maximum Gasteiger partial charge on any atom is 0.123 e. The largest absolute Gasteiger partial charge is 0.508 e. The molecule has 0 saturated heterocycles. The predicted molar refractivity (Wildman–Crippen MR) is 134 cm³/mol. The molecule has 1 N–H and O–H groups in total. The van der Waals surface area contributed by atoms with E-state index < -0.39 is 0 Å². The number of fused-ring (bicyclic) bond motifs is 1. The molecule has 2 heteroatoms. The molecule has 1 aliphatic heterocycles. The smallest absolute Gasteiger partial charge is 0.123 e. The van der Waals surface area contributed by atoms with Gasteiger partial charge in [-0.15, -0.1) is 0 Å². The van der Waals surface area contributed by atoms with Crippen molar-refractivity contribution in [3.63, 3.8) is 0 Å². The molecule has 1 aliphatic rings. The Morgan fingerprint density at radius 3 is 2.13 bits per heavy atom. The Morgan fingerprint density at radius 2 is 1.52 bits per heavy atom. The molecule has 1 aromatic rings. The van der Waals surface area contributed by atoms with Gasteiger partial charge in [0.15, 0.2) is 0 Å². The quantitative estimate of drug-likeness (QED) is 0.401. The van der Waals surface area contributed by atoms with E-state index in [1.165, 1.54) is 16.7 Å². The highest BCUT2D eigenvalue weighted by Gasteiger charge is 2.50. The van der Waals surface area contributed by atoms with Crippen molar-refractivity contribution in [3.05, 3.63) is 58.7 Å². The van der Waals surface area contributed by atoms with E-state index in [0.717, 1.165) is 49.8 Å². The zero-order valence-corrected chi connectivity index (χ0v) is 21.1. The number of phenolic OH excluding ortho intramolecular Hbond substituents is 1. The number of aromatic hydroxyl groups is 1. The van der Waals surface area contributed by atoms with Crippen molar-refractivity contribution in [3.8, 4) is 11.5 Å². The second-order valence-corrected chi connectivity index (χ2v) is 10.5. The summed E-state index contributed by atoms with van der Waals surface area (Å²) in [5, 5.41) is 9.91. The normalized spacial score (nSPS) is 23.2. The third kappa shape index (κ3) is 6.51. The molecule has 31 heavy (non-hydrogen) atoms.